The largest absolute Gasteiger partial charge is 0.379 e. The molecule has 0 aromatic rings. The lowest BCUT2D eigenvalue weighted by Gasteiger charge is -2.01. The maximum absolute atomic E-state index is 5.64. The summed E-state index contributed by atoms with van der Waals surface area (Å²) in [7, 11) is 0. The van der Waals surface area contributed by atoms with Crippen LogP contribution in [0.1, 0.15) is 20.3 Å². The molecule has 0 atom stereocenters. The zero-order chi connectivity index (χ0) is 10.1. The van der Waals surface area contributed by atoms with E-state index in [4.69, 9.17) is 17.3 Å². The highest BCUT2D eigenvalue weighted by Gasteiger charge is 1.93. The maximum atomic E-state index is 5.64. The van der Waals surface area contributed by atoms with Crippen LogP contribution in [0.4, 0.5) is 0 Å². The molecule has 2 N–H and O–H groups in total. The average Bonchev–Trinajstić information content (AvgIpc) is 2.04. The first-order chi connectivity index (χ1) is 6.16. The molecule has 76 valence electrons. The van der Waals surface area contributed by atoms with E-state index in [1.165, 1.54) is 17.3 Å². The van der Waals surface area contributed by atoms with Crippen LogP contribution in [-0.4, -0.2) is 17.5 Å². The lowest BCUT2D eigenvalue weighted by atomic mass is 10.1. The van der Waals surface area contributed by atoms with Crippen molar-refractivity contribution in [2.45, 2.75) is 20.3 Å². The van der Waals surface area contributed by atoms with Gasteiger partial charge in [0.15, 0.2) is 5.17 Å². The van der Waals surface area contributed by atoms with Crippen LogP contribution in [0.15, 0.2) is 16.6 Å². The topological polar surface area (TPSA) is 38.4 Å². The van der Waals surface area contributed by atoms with Gasteiger partial charge in [-0.15, -0.1) is 0 Å². The lowest BCUT2D eigenvalue weighted by Crippen LogP contribution is -2.08. The van der Waals surface area contributed by atoms with Gasteiger partial charge in [0.2, 0.25) is 0 Å². The van der Waals surface area contributed by atoms with Gasteiger partial charge < -0.3 is 5.73 Å². The Bertz CT molecular complexity index is 178. The van der Waals surface area contributed by atoms with Gasteiger partial charge in [-0.3, -0.25) is 4.99 Å². The third-order valence-corrected chi connectivity index (χ3v) is 2.35. The van der Waals surface area contributed by atoms with Gasteiger partial charge in [-0.05, 0) is 12.3 Å². The molecule has 0 radical (unpaired) electrons. The van der Waals surface area contributed by atoms with Crippen LogP contribution in [0, 0.1) is 5.92 Å². The molecule has 0 bridgehead atoms. The molecular formula is C9H17ClN2S. The Labute approximate surface area is 89.6 Å². The molecule has 0 rings (SSSR count). The minimum Gasteiger partial charge on any atom is -0.379 e. The highest BCUT2D eigenvalue weighted by Crippen LogP contribution is 2.03. The molecule has 13 heavy (non-hydrogen) atoms. The molecular weight excluding hydrogens is 204 g/mol. The molecule has 4 heteroatoms. The molecule has 0 spiro atoms. The summed E-state index contributed by atoms with van der Waals surface area (Å²) in [6.07, 6.45) is 2.93. The summed E-state index contributed by atoms with van der Waals surface area (Å²) in [5.41, 5.74) is 7.13. The first-order valence-corrected chi connectivity index (χ1v) is 5.77. The molecule has 0 saturated heterocycles. The fourth-order valence-electron chi connectivity index (χ4n) is 0.648. The molecule has 0 saturated carbocycles. The Morgan fingerprint density at radius 3 is 2.85 bits per heavy atom. The van der Waals surface area contributed by atoms with E-state index in [1.807, 2.05) is 6.08 Å². The normalized spacial score (nSPS) is 13.1. The van der Waals surface area contributed by atoms with Crippen molar-refractivity contribution in [3.8, 4) is 0 Å². The molecule has 0 fully saturated rings. The summed E-state index contributed by atoms with van der Waals surface area (Å²) in [4.78, 5) is 4.22. The molecule has 0 heterocycles. The van der Waals surface area contributed by atoms with Crippen molar-refractivity contribution in [2.24, 2.45) is 16.6 Å². The number of nitrogens with two attached hydrogens (primary N) is 1. The van der Waals surface area contributed by atoms with Gasteiger partial charge in [-0.1, -0.05) is 43.3 Å². The van der Waals surface area contributed by atoms with E-state index in [2.05, 4.69) is 18.8 Å². The summed E-state index contributed by atoms with van der Waals surface area (Å²) in [6, 6.07) is 0. The minimum absolute atomic E-state index is 0.649. The average molecular weight is 221 g/mol. The van der Waals surface area contributed by atoms with E-state index in [9.17, 15) is 0 Å². The summed E-state index contributed by atoms with van der Waals surface area (Å²) in [5, 5.41) is 0.649. The van der Waals surface area contributed by atoms with E-state index in [0.29, 0.717) is 11.1 Å². The third-order valence-electron chi connectivity index (χ3n) is 1.39. The quantitative estimate of drug-likeness (QED) is 0.572. The highest BCUT2D eigenvalue weighted by atomic mass is 35.5. The van der Waals surface area contributed by atoms with E-state index in [0.717, 1.165) is 18.7 Å². The van der Waals surface area contributed by atoms with Gasteiger partial charge in [0.25, 0.3) is 0 Å². The van der Waals surface area contributed by atoms with Crippen molar-refractivity contribution < 1.29 is 0 Å². The fourth-order valence-corrected chi connectivity index (χ4v) is 1.39. The predicted molar refractivity (Wildman–Crippen MR) is 63.4 cm³/mol. The second kappa shape index (κ2) is 8.45. The van der Waals surface area contributed by atoms with Crippen LogP contribution in [0.3, 0.4) is 0 Å². The van der Waals surface area contributed by atoms with Crippen molar-refractivity contribution in [1.82, 2.24) is 0 Å². The number of aliphatic imine (C=N–C) groups is 1. The standard InChI is InChI=1S/C9H17ClN2S/c1-8(2)4-6-12-9(11)13-7-3-5-10/h3,5,8H,4,6-7H2,1-2H3,(H2,11,12)/b5-3+. The molecule has 0 aromatic carbocycles. The maximum Gasteiger partial charge on any atom is 0.154 e. The van der Waals surface area contributed by atoms with Gasteiger partial charge in [0.05, 0.1) is 0 Å². The smallest absolute Gasteiger partial charge is 0.154 e. The van der Waals surface area contributed by atoms with Crippen molar-refractivity contribution in [2.75, 3.05) is 12.3 Å². The Morgan fingerprint density at radius 1 is 1.62 bits per heavy atom. The van der Waals surface area contributed by atoms with Crippen LogP contribution >= 0.6 is 23.4 Å². The second-order valence-electron chi connectivity index (χ2n) is 3.08. The van der Waals surface area contributed by atoms with Gasteiger partial charge in [0, 0.05) is 17.8 Å². The van der Waals surface area contributed by atoms with Crippen LogP contribution in [0.25, 0.3) is 0 Å². The minimum atomic E-state index is 0.649. The monoisotopic (exact) mass is 220 g/mol. The molecule has 2 nitrogen and oxygen atoms in total. The predicted octanol–water partition coefficient (Wildman–Crippen LogP) is 2.83. The van der Waals surface area contributed by atoms with Crippen molar-refractivity contribution >= 4 is 28.5 Å². The summed E-state index contributed by atoms with van der Waals surface area (Å²) >= 11 is 6.87. The number of halogens is 1. The lowest BCUT2D eigenvalue weighted by molar-refractivity contribution is 0.597. The molecule has 0 aliphatic heterocycles. The van der Waals surface area contributed by atoms with Gasteiger partial charge in [-0.2, -0.15) is 0 Å². The number of hydrogen-bond acceptors (Lipinski definition) is 2. The third kappa shape index (κ3) is 9.77. The Kier molecular flexibility index (Phi) is 8.35. The molecule has 0 amide bonds. The summed E-state index contributed by atoms with van der Waals surface area (Å²) in [6.45, 7) is 5.17. The van der Waals surface area contributed by atoms with Crippen LogP contribution in [0.5, 0.6) is 0 Å². The SMILES string of the molecule is CC(C)CCN=C(N)SC/C=C/Cl. The molecule has 0 unspecified atom stereocenters. The summed E-state index contributed by atoms with van der Waals surface area (Å²) in [5.74, 6) is 1.48. The van der Waals surface area contributed by atoms with Crippen LogP contribution in [-0.2, 0) is 0 Å². The second-order valence-corrected chi connectivity index (χ2v) is 4.37. The molecule has 0 aromatic heterocycles. The van der Waals surface area contributed by atoms with E-state index >= 15 is 0 Å². The number of nitrogens with zero attached hydrogens (tertiary/aromatic N) is 1. The molecule has 0 aliphatic rings. The van der Waals surface area contributed by atoms with Crippen molar-refractivity contribution in [3.05, 3.63) is 11.6 Å². The Hall–Kier alpha value is -0.150. The highest BCUT2D eigenvalue weighted by molar-refractivity contribution is 8.13. The van der Waals surface area contributed by atoms with Gasteiger partial charge in [0.1, 0.15) is 0 Å². The van der Waals surface area contributed by atoms with Crippen LogP contribution < -0.4 is 5.73 Å². The first-order valence-electron chi connectivity index (χ1n) is 4.34. The zero-order valence-corrected chi connectivity index (χ0v) is 9.74. The van der Waals surface area contributed by atoms with Crippen LogP contribution in [0.2, 0.25) is 0 Å². The fraction of sp³-hybridized carbons (Fsp3) is 0.667. The van der Waals surface area contributed by atoms with Crippen molar-refractivity contribution in [3.63, 3.8) is 0 Å². The zero-order valence-electron chi connectivity index (χ0n) is 8.16. The first kappa shape index (κ1) is 12.8. The number of rotatable bonds is 5. The van der Waals surface area contributed by atoms with Gasteiger partial charge >= 0.3 is 0 Å². The van der Waals surface area contributed by atoms with Gasteiger partial charge in [-0.25, -0.2) is 0 Å². The molecule has 0 aliphatic carbocycles. The Morgan fingerprint density at radius 2 is 2.31 bits per heavy atom. The number of thioether (sulfide) groups is 1. The number of amidine groups is 1. The van der Waals surface area contributed by atoms with E-state index in [-0.39, 0.29) is 0 Å². The van der Waals surface area contributed by atoms with Crippen molar-refractivity contribution in [1.29, 1.82) is 0 Å². The van der Waals surface area contributed by atoms with E-state index in [1.54, 1.807) is 0 Å². The number of hydrogen-bond donors (Lipinski definition) is 1. The summed E-state index contributed by atoms with van der Waals surface area (Å²) < 4.78 is 0. The van der Waals surface area contributed by atoms with E-state index < -0.39 is 0 Å². The Balaban J connectivity index is 3.51.